The van der Waals surface area contributed by atoms with Crippen LogP contribution in [-0.4, -0.2) is 35.6 Å². The van der Waals surface area contributed by atoms with Gasteiger partial charge >= 0.3 is 0 Å². The topological polar surface area (TPSA) is 39.1 Å². The fourth-order valence-electron chi connectivity index (χ4n) is 2.52. The minimum absolute atomic E-state index is 0.508. The van der Waals surface area contributed by atoms with Gasteiger partial charge in [0.2, 0.25) is 0 Å². The van der Waals surface area contributed by atoms with Crippen LogP contribution in [0.1, 0.15) is 37.1 Å². The standard InChI is InChI=1S/C14H25N3O/c1-12-11-13(2)17(16-12)9-4-7-15-8-6-14-5-3-10-18-14/h11,14-15H,3-10H2,1-2H3. The summed E-state index contributed by atoms with van der Waals surface area (Å²) in [6, 6.07) is 2.13. The smallest absolute Gasteiger partial charge is 0.0596 e. The normalized spacial score (nSPS) is 19.6. The molecule has 1 aromatic rings. The molecule has 1 atom stereocenters. The van der Waals surface area contributed by atoms with Crippen molar-refractivity contribution in [1.82, 2.24) is 15.1 Å². The van der Waals surface area contributed by atoms with Gasteiger partial charge in [-0.25, -0.2) is 0 Å². The van der Waals surface area contributed by atoms with Crippen LogP contribution in [0.25, 0.3) is 0 Å². The number of rotatable bonds is 7. The molecule has 1 fully saturated rings. The summed E-state index contributed by atoms with van der Waals surface area (Å²) in [4.78, 5) is 0. The van der Waals surface area contributed by atoms with E-state index in [2.05, 4.69) is 28.1 Å². The summed E-state index contributed by atoms with van der Waals surface area (Å²) in [6.07, 6.45) is 5.28. The molecule has 0 amide bonds. The highest BCUT2D eigenvalue weighted by Gasteiger charge is 2.14. The first-order chi connectivity index (χ1) is 8.75. The van der Waals surface area contributed by atoms with E-state index < -0.39 is 0 Å². The zero-order valence-electron chi connectivity index (χ0n) is 11.6. The lowest BCUT2D eigenvalue weighted by Gasteiger charge is -2.10. The molecule has 0 aliphatic carbocycles. The summed E-state index contributed by atoms with van der Waals surface area (Å²) in [5.41, 5.74) is 2.37. The lowest BCUT2D eigenvalue weighted by molar-refractivity contribution is 0.104. The first kappa shape index (κ1) is 13.6. The average Bonchev–Trinajstić information content (AvgIpc) is 2.94. The van der Waals surface area contributed by atoms with Crippen LogP contribution >= 0.6 is 0 Å². The summed E-state index contributed by atoms with van der Waals surface area (Å²) in [7, 11) is 0. The van der Waals surface area contributed by atoms with Crippen molar-refractivity contribution in [2.45, 2.75) is 52.2 Å². The van der Waals surface area contributed by atoms with Crippen molar-refractivity contribution in [3.05, 3.63) is 17.5 Å². The number of aromatic nitrogens is 2. The van der Waals surface area contributed by atoms with Crippen molar-refractivity contribution in [3.63, 3.8) is 0 Å². The van der Waals surface area contributed by atoms with Gasteiger partial charge in [-0.05, 0) is 58.7 Å². The van der Waals surface area contributed by atoms with Crippen molar-refractivity contribution < 1.29 is 4.74 Å². The van der Waals surface area contributed by atoms with Gasteiger partial charge in [-0.15, -0.1) is 0 Å². The highest BCUT2D eigenvalue weighted by molar-refractivity contribution is 5.06. The SMILES string of the molecule is Cc1cc(C)n(CCCNCCC2CCCO2)n1. The molecule has 1 unspecified atom stereocenters. The van der Waals surface area contributed by atoms with Gasteiger partial charge in [0.15, 0.2) is 0 Å². The third kappa shape index (κ3) is 4.10. The summed E-state index contributed by atoms with van der Waals surface area (Å²) >= 11 is 0. The van der Waals surface area contributed by atoms with Crippen molar-refractivity contribution >= 4 is 0 Å². The van der Waals surface area contributed by atoms with Crippen LogP contribution in [0.4, 0.5) is 0 Å². The van der Waals surface area contributed by atoms with E-state index in [0.29, 0.717) is 6.10 Å². The fraction of sp³-hybridized carbons (Fsp3) is 0.786. The first-order valence-electron chi connectivity index (χ1n) is 7.09. The number of ether oxygens (including phenoxy) is 1. The van der Waals surface area contributed by atoms with E-state index in [1.165, 1.54) is 18.5 Å². The predicted octanol–water partition coefficient (Wildman–Crippen LogP) is 2.05. The van der Waals surface area contributed by atoms with E-state index in [9.17, 15) is 0 Å². The van der Waals surface area contributed by atoms with E-state index in [4.69, 9.17) is 4.74 Å². The third-order valence-corrected chi connectivity index (χ3v) is 3.49. The number of nitrogens with zero attached hydrogens (tertiary/aromatic N) is 2. The summed E-state index contributed by atoms with van der Waals surface area (Å²) in [5.74, 6) is 0. The van der Waals surface area contributed by atoms with Gasteiger partial charge in [0.05, 0.1) is 11.8 Å². The van der Waals surface area contributed by atoms with Gasteiger partial charge in [-0.3, -0.25) is 4.68 Å². The Bertz CT molecular complexity index is 356. The maximum atomic E-state index is 5.59. The van der Waals surface area contributed by atoms with Crippen LogP contribution < -0.4 is 5.32 Å². The van der Waals surface area contributed by atoms with Gasteiger partial charge in [0.1, 0.15) is 0 Å². The molecule has 0 aromatic carbocycles. The average molecular weight is 251 g/mol. The molecule has 4 nitrogen and oxygen atoms in total. The number of hydrogen-bond donors (Lipinski definition) is 1. The molecule has 1 N–H and O–H groups in total. The fourth-order valence-corrected chi connectivity index (χ4v) is 2.52. The van der Waals surface area contributed by atoms with Crippen LogP contribution in [0, 0.1) is 13.8 Å². The maximum Gasteiger partial charge on any atom is 0.0596 e. The van der Waals surface area contributed by atoms with E-state index in [1.54, 1.807) is 0 Å². The van der Waals surface area contributed by atoms with E-state index in [0.717, 1.165) is 44.8 Å². The monoisotopic (exact) mass is 251 g/mol. The van der Waals surface area contributed by atoms with Gasteiger partial charge in [-0.2, -0.15) is 5.10 Å². The molecule has 2 heterocycles. The molecule has 1 saturated heterocycles. The molecule has 2 rings (SSSR count). The molecule has 1 aliphatic rings. The van der Waals surface area contributed by atoms with E-state index >= 15 is 0 Å². The Morgan fingerprint density at radius 3 is 3.00 bits per heavy atom. The highest BCUT2D eigenvalue weighted by atomic mass is 16.5. The molecule has 0 spiro atoms. The van der Waals surface area contributed by atoms with Gasteiger partial charge < -0.3 is 10.1 Å². The summed E-state index contributed by atoms with van der Waals surface area (Å²) in [6.45, 7) is 8.26. The van der Waals surface area contributed by atoms with Gasteiger partial charge in [0.25, 0.3) is 0 Å². The summed E-state index contributed by atoms with van der Waals surface area (Å²) < 4.78 is 7.69. The van der Waals surface area contributed by atoms with Gasteiger partial charge in [-0.1, -0.05) is 0 Å². The molecule has 0 radical (unpaired) electrons. The van der Waals surface area contributed by atoms with Crippen LogP contribution in [0.3, 0.4) is 0 Å². The third-order valence-electron chi connectivity index (χ3n) is 3.49. The minimum Gasteiger partial charge on any atom is -0.378 e. The maximum absolute atomic E-state index is 5.59. The number of aryl methyl sites for hydroxylation is 3. The molecule has 0 bridgehead atoms. The molecule has 102 valence electrons. The number of hydrogen-bond acceptors (Lipinski definition) is 3. The number of nitrogens with one attached hydrogen (secondary N) is 1. The van der Waals surface area contributed by atoms with E-state index in [1.807, 2.05) is 6.92 Å². The molecular weight excluding hydrogens is 226 g/mol. The first-order valence-corrected chi connectivity index (χ1v) is 7.09. The molecule has 18 heavy (non-hydrogen) atoms. The van der Waals surface area contributed by atoms with Crippen molar-refractivity contribution in [1.29, 1.82) is 0 Å². The Morgan fingerprint density at radius 2 is 2.33 bits per heavy atom. The zero-order valence-corrected chi connectivity index (χ0v) is 11.6. The van der Waals surface area contributed by atoms with Crippen molar-refractivity contribution in [2.24, 2.45) is 0 Å². The van der Waals surface area contributed by atoms with Crippen LogP contribution in [0.2, 0.25) is 0 Å². The lowest BCUT2D eigenvalue weighted by Crippen LogP contribution is -2.22. The molecule has 1 aliphatic heterocycles. The largest absolute Gasteiger partial charge is 0.378 e. The van der Waals surface area contributed by atoms with Crippen LogP contribution in [-0.2, 0) is 11.3 Å². The Hall–Kier alpha value is -0.870. The molecular formula is C14H25N3O. The molecule has 0 saturated carbocycles. The minimum atomic E-state index is 0.508. The Balaban J connectivity index is 1.52. The van der Waals surface area contributed by atoms with E-state index in [-0.39, 0.29) is 0 Å². The Labute approximate surface area is 110 Å². The van der Waals surface area contributed by atoms with Crippen LogP contribution in [0.5, 0.6) is 0 Å². The highest BCUT2D eigenvalue weighted by Crippen LogP contribution is 2.14. The van der Waals surface area contributed by atoms with Crippen molar-refractivity contribution in [2.75, 3.05) is 19.7 Å². The zero-order chi connectivity index (χ0) is 12.8. The predicted molar refractivity (Wildman–Crippen MR) is 72.8 cm³/mol. The second-order valence-corrected chi connectivity index (χ2v) is 5.18. The second kappa shape index (κ2) is 6.90. The Kier molecular flexibility index (Phi) is 5.20. The van der Waals surface area contributed by atoms with Crippen LogP contribution in [0.15, 0.2) is 6.07 Å². The quantitative estimate of drug-likeness (QED) is 0.754. The Morgan fingerprint density at radius 1 is 1.44 bits per heavy atom. The molecule has 1 aromatic heterocycles. The van der Waals surface area contributed by atoms with Gasteiger partial charge in [0, 0.05) is 18.8 Å². The molecule has 4 heteroatoms. The van der Waals surface area contributed by atoms with Crippen molar-refractivity contribution in [3.8, 4) is 0 Å². The lowest BCUT2D eigenvalue weighted by atomic mass is 10.2. The summed E-state index contributed by atoms with van der Waals surface area (Å²) in [5, 5.41) is 7.95. The second-order valence-electron chi connectivity index (χ2n) is 5.18.